The molecule has 2 aromatic rings. The number of aryl methyl sites for hydroxylation is 1. The van der Waals surface area contributed by atoms with Crippen LogP contribution in [0.2, 0.25) is 0 Å². The van der Waals surface area contributed by atoms with Gasteiger partial charge in [-0.3, -0.25) is 4.79 Å². The molecular formula is C30H42N4O6. The first-order chi connectivity index (χ1) is 18.7. The normalized spacial score (nSPS) is 13.9. The Hall–Kier alpha value is -3.95. The minimum atomic E-state index is -0.551. The van der Waals surface area contributed by atoms with E-state index in [-0.39, 0.29) is 18.6 Å². The van der Waals surface area contributed by atoms with Crippen molar-refractivity contribution in [3.63, 3.8) is 0 Å². The summed E-state index contributed by atoms with van der Waals surface area (Å²) in [6.07, 6.45) is -0.775. The molecular weight excluding hydrogens is 512 g/mol. The van der Waals surface area contributed by atoms with Crippen LogP contribution >= 0.6 is 0 Å². The highest BCUT2D eigenvalue weighted by atomic mass is 16.6. The largest absolute Gasteiger partial charge is 0.492 e. The molecule has 1 saturated heterocycles. The van der Waals surface area contributed by atoms with E-state index in [1.165, 1.54) is 0 Å². The first-order valence-corrected chi connectivity index (χ1v) is 13.5. The second kappa shape index (κ2) is 12.9. The van der Waals surface area contributed by atoms with Crippen molar-refractivity contribution in [2.45, 2.75) is 59.7 Å². The number of rotatable bonds is 7. The number of hydrogen-bond acceptors (Lipinski definition) is 7. The second-order valence-corrected chi connectivity index (χ2v) is 11.7. The van der Waals surface area contributed by atoms with Crippen LogP contribution in [0.15, 0.2) is 42.5 Å². The fourth-order valence-corrected chi connectivity index (χ4v) is 3.99. The van der Waals surface area contributed by atoms with E-state index in [0.717, 1.165) is 11.3 Å². The van der Waals surface area contributed by atoms with Crippen LogP contribution in [-0.2, 0) is 9.47 Å². The second-order valence-electron chi connectivity index (χ2n) is 11.7. The van der Waals surface area contributed by atoms with Crippen molar-refractivity contribution in [1.29, 1.82) is 0 Å². The van der Waals surface area contributed by atoms with Crippen molar-refractivity contribution in [2.24, 2.45) is 0 Å². The Bertz CT molecular complexity index is 1180. The number of amides is 3. The van der Waals surface area contributed by atoms with Gasteiger partial charge >= 0.3 is 12.2 Å². The van der Waals surface area contributed by atoms with Crippen LogP contribution in [0.3, 0.4) is 0 Å². The van der Waals surface area contributed by atoms with Gasteiger partial charge in [-0.1, -0.05) is 0 Å². The van der Waals surface area contributed by atoms with Gasteiger partial charge in [0, 0.05) is 43.1 Å². The first kappa shape index (κ1) is 30.6. The van der Waals surface area contributed by atoms with Crippen molar-refractivity contribution in [3.8, 4) is 5.75 Å². The van der Waals surface area contributed by atoms with Crippen molar-refractivity contribution in [3.05, 3.63) is 53.6 Å². The van der Waals surface area contributed by atoms with Crippen LogP contribution in [0.5, 0.6) is 5.75 Å². The Morgan fingerprint density at radius 3 is 2.05 bits per heavy atom. The lowest BCUT2D eigenvalue weighted by atomic mass is 10.1. The monoisotopic (exact) mass is 554 g/mol. The van der Waals surface area contributed by atoms with E-state index in [2.05, 4.69) is 15.5 Å². The van der Waals surface area contributed by atoms with E-state index in [0.29, 0.717) is 49.7 Å². The molecule has 3 amide bonds. The lowest BCUT2D eigenvalue weighted by Crippen LogP contribution is -2.50. The number of carbonyl (C=O) groups is 3. The fourth-order valence-electron chi connectivity index (χ4n) is 3.99. The highest BCUT2D eigenvalue weighted by Gasteiger charge is 2.26. The molecule has 3 rings (SSSR count). The summed E-state index contributed by atoms with van der Waals surface area (Å²) in [4.78, 5) is 40.8. The summed E-state index contributed by atoms with van der Waals surface area (Å²) >= 11 is 0. The van der Waals surface area contributed by atoms with Crippen LogP contribution in [-0.4, -0.2) is 73.5 Å². The van der Waals surface area contributed by atoms with E-state index in [1.807, 2.05) is 45.9 Å². The zero-order chi connectivity index (χ0) is 29.5. The minimum absolute atomic E-state index is 0.209. The van der Waals surface area contributed by atoms with Crippen molar-refractivity contribution < 1.29 is 28.6 Å². The van der Waals surface area contributed by atoms with E-state index < -0.39 is 17.3 Å². The predicted octanol–water partition coefficient (Wildman–Crippen LogP) is 5.21. The molecule has 0 bridgehead atoms. The fraction of sp³-hybridized carbons (Fsp3) is 0.500. The Labute approximate surface area is 236 Å². The highest BCUT2D eigenvalue weighted by Crippen LogP contribution is 2.23. The van der Waals surface area contributed by atoms with Gasteiger partial charge in [0.15, 0.2) is 0 Å². The maximum atomic E-state index is 12.9. The van der Waals surface area contributed by atoms with E-state index in [9.17, 15) is 14.4 Å². The van der Waals surface area contributed by atoms with Crippen LogP contribution < -0.4 is 20.3 Å². The molecule has 0 radical (unpaired) electrons. The molecule has 10 heteroatoms. The third-order valence-corrected chi connectivity index (χ3v) is 5.91. The molecule has 0 saturated carbocycles. The average molecular weight is 555 g/mol. The molecule has 0 unspecified atom stereocenters. The minimum Gasteiger partial charge on any atom is -0.492 e. The molecule has 10 nitrogen and oxygen atoms in total. The van der Waals surface area contributed by atoms with Gasteiger partial charge < -0.3 is 34.6 Å². The third-order valence-electron chi connectivity index (χ3n) is 5.91. The summed E-state index contributed by atoms with van der Waals surface area (Å²) in [6, 6.07) is 12.9. The molecule has 218 valence electrons. The van der Waals surface area contributed by atoms with E-state index in [4.69, 9.17) is 14.2 Å². The zero-order valence-electron chi connectivity index (χ0n) is 24.6. The van der Waals surface area contributed by atoms with E-state index >= 15 is 0 Å². The van der Waals surface area contributed by atoms with Crippen LogP contribution in [0.1, 0.15) is 57.5 Å². The number of anilines is 2. The summed E-state index contributed by atoms with van der Waals surface area (Å²) < 4.78 is 16.4. The average Bonchev–Trinajstić information content (AvgIpc) is 2.86. The van der Waals surface area contributed by atoms with Gasteiger partial charge in [-0.2, -0.15) is 0 Å². The maximum Gasteiger partial charge on any atom is 0.410 e. The van der Waals surface area contributed by atoms with Crippen LogP contribution in [0, 0.1) is 6.92 Å². The van der Waals surface area contributed by atoms with Crippen LogP contribution in [0.4, 0.5) is 21.0 Å². The topological polar surface area (TPSA) is 109 Å². The Morgan fingerprint density at radius 2 is 1.48 bits per heavy atom. The van der Waals surface area contributed by atoms with Gasteiger partial charge in [-0.25, -0.2) is 9.59 Å². The third kappa shape index (κ3) is 9.66. The van der Waals surface area contributed by atoms with Crippen molar-refractivity contribution in [2.75, 3.05) is 49.5 Å². The molecule has 2 aromatic carbocycles. The number of hydrogen-bond donors (Lipinski definition) is 2. The van der Waals surface area contributed by atoms with Gasteiger partial charge in [-0.15, -0.1) is 0 Å². The molecule has 1 aliphatic heterocycles. The Morgan fingerprint density at radius 1 is 0.850 bits per heavy atom. The molecule has 1 aliphatic rings. The first-order valence-electron chi connectivity index (χ1n) is 13.5. The summed E-state index contributed by atoms with van der Waals surface area (Å²) in [7, 11) is 0. The lowest BCUT2D eigenvalue weighted by molar-refractivity contribution is 0.0240. The van der Waals surface area contributed by atoms with Gasteiger partial charge in [0.05, 0.1) is 6.54 Å². The molecule has 1 heterocycles. The molecule has 1 fully saturated rings. The SMILES string of the molecule is Cc1cc(OCCNC(=O)OC(C)(C)C)ccc1NC(=O)c1ccc(N2CCN(C(=O)OC(C)(C)C)CC2)cc1. The molecule has 2 N–H and O–H groups in total. The van der Waals surface area contributed by atoms with E-state index in [1.54, 1.807) is 49.9 Å². The smallest absolute Gasteiger partial charge is 0.410 e. The quantitative estimate of drug-likeness (QED) is 0.452. The van der Waals surface area contributed by atoms with Crippen LogP contribution in [0.25, 0.3) is 0 Å². The summed E-state index contributed by atoms with van der Waals surface area (Å²) in [5, 5.41) is 5.60. The predicted molar refractivity (Wildman–Crippen MR) is 155 cm³/mol. The molecule has 0 atom stereocenters. The number of alkyl carbamates (subject to hydrolysis) is 1. The number of ether oxygens (including phenoxy) is 3. The van der Waals surface area contributed by atoms with Gasteiger partial charge in [0.2, 0.25) is 0 Å². The number of carbonyl (C=O) groups excluding carboxylic acids is 3. The summed E-state index contributed by atoms with van der Waals surface area (Å²) in [5.74, 6) is 0.428. The molecule has 40 heavy (non-hydrogen) atoms. The zero-order valence-corrected chi connectivity index (χ0v) is 24.6. The molecule has 0 spiro atoms. The molecule has 0 aliphatic carbocycles. The summed E-state index contributed by atoms with van der Waals surface area (Å²) in [5.41, 5.74) is 2.02. The van der Waals surface area contributed by atoms with Gasteiger partial charge in [-0.05, 0) is 96.5 Å². The van der Waals surface area contributed by atoms with Gasteiger partial charge in [0.1, 0.15) is 23.6 Å². The Kier molecular flexibility index (Phi) is 9.89. The number of piperazine rings is 1. The Balaban J connectivity index is 1.46. The highest BCUT2D eigenvalue weighted by molar-refractivity contribution is 6.04. The maximum absolute atomic E-state index is 12.9. The number of nitrogens with one attached hydrogen (secondary N) is 2. The molecule has 0 aromatic heterocycles. The van der Waals surface area contributed by atoms with Crippen molar-refractivity contribution in [1.82, 2.24) is 10.2 Å². The number of benzene rings is 2. The van der Waals surface area contributed by atoms with Crippen molar-refractivity contribution >= 4 is 29.5 Å². The summed E-state index contributed by atoms with van der Waals surface area (Å²) in [6.45, 7) is 16.0. The lowest BCUT2D eigenvalue weighted by Gasteiger charge is -2.36. The standard InChI is InChI=1S/C30H42N4O6/c1-21-20-24(38-19-14-31-27(36)39-29(2,3)4)12-13-25(21)32-26(35)22-8-10-23(11-9-22)33-15-17-34(18-16-33)28(37)40-30(5,6)7/h8-13,20H,14-19H2,1-7H3,(H,31,36)(H,32,35). The van der Waals surface area contributed by atoms with Gasteiger partial charge in [0.25, 0.3) is 5.91 Å². The number of nitrogens with zero attached hydrogens (tertiary/aromatic N) is 2.